The Hall–Kier alpha value is -1.84. The van der Waals surface area contributed by atoms with Gasteiger partial charge < -0.3 is 14.6 Å². The van der Waals surface area contributed by atoms with E-state index in [1.807, 2.05) is 0 Å². The molecule has 0 unspecified atom stereocenters. The van der Waals surface area contributed by atoms with E-state index in [1.165, 1.54) is 32.4 Å². The highest BCUT2D eigenvalue weighted by Gasteiger charge is 2.21. The van der Waals surface area contributed by atoms with Crippen LogP contribution in [0, 0.1) is 0 Å². The molecule has 0 aliphatic carbocycles. The molecule has 8 nitrogen and oxygen atoms in total. The highest BCUT2D eigenvalue weighted by Crippen LogP contribution is 2.27. The molecule has 0 aliphatic heterocycles. The number of methoxy groups -OCH3 is 2. The van der Waals surface area contributed by atoms with Crippen molar-refractivity contribution in [3.63, 3.8) is 0 Å². The van der Waals surface area contributed by atoms with Crippen LogP contribution in [0.3, 0.4) is 0 Å². The molecular weight excluding hydrogens is 278 g/mol. The van der Waals surface area contributed by atoms with Crippen LogP contribution in [-0.4, -0.2) is 40.3 Å². The first-order valence-corrected chi connectivity index (χ1v) is 6.46. The van der Waals surface area contributed by atoms with Crippen molar-refractivity contribution in [2.75, 3.05) is 20.8 Å². The molecular formula is C10H13NO7S. The van der Waals surface area contributed by atoms with E-state index >= 15 is 0 Å². The number of rotatable bonds is 7. The first-order valence-electron chi connectivity index (χ1n) is 4.98. The smallest absolute Gasteiger partial charge is 0.331 e. The summed E-state index contributed by atoms with van der Waals surface area (Å²) in [7, 11) is -1.39. The van der Waals surface area contributed by atoms with Crippen molar-refractivity contribution in [2.45, 2.75) is 4.90 Å². The van der Waals surface area contributed by atoms with Gasteiger partial charge in [-0.2, -0.15) is 0 Å². The summed E-state index contributed by atoms with van der Waals surface area (Å²) in [5.41, 5.74) is 0. The molecule has 0 aromatic heterocycles. The van der Waals surface area contributed by atoms with Gasteiger partial charge >= 0.3 is 5.97 Å². The van der Waals surface area contributed by atoms with Gasteiger partial charge in [-0.1, -0.05) is 4.89 Å². The Kier molecular flexibility index (Phi) is 5.10. The van der Waals surface area contributed by atoms with Crippen molar-refractivity contribution < 1.29 is 32.6 Å². The van der Waals surface area contributed by atoms with E-state index in [0.717, 1.165) is 0 Å². The van der Waals surface area contributed by atoms with Gasteiger partial charge in [0.05, 0.1) is 14.2 Å². The van der Waals surface area contributed by atoms with E-state index in [2.05, 4.69) is 4.84 Å². The number of hydrogen-bond acceptors (Lipinski definition) is 6. The summed E-state index contributed by atoms with van der Waals surface area (Å²) in [6.45, 7) is -0.800. The van der Waals surface area contributed by atoms with Crippen LogP contribution in [-0.2, 0) is 19.7 Å². The molecule has 0 spiro atoms. The lowest BCUT2D eigenvalue weighted by Gasteiger charge is -2.11. The van der Waals surface area contributed by atoms with E-state index < -0.39 is 22.6 Å². The van der Waals surface area contributed by atoms with Crippen LogP contribution >= 0.6 is 0 Å². The van der Waals surface area contributed by atoms with Crippen LogP contribution in [0.4, 0.5) is 0 Å². The van der Waals surface area contributed by atoms with E-state index in [4.69, 9.17) is 14.6 Å². The third-order valence-corrected chi connectivity index (χ3v) is 3.26. The molecule has 2 N–H and O–H groups in total. The second kappa shape index (κ2) is 6.36. The Morgan fingerprint density at radius 1 is 1.32 bits per heavy atom. The van der Waals surface area contributed by atoms with Gasteiger partial charge in [-0.15, -0.1) is 0 Å². The molecule has 0 fully saturated rings. The third-order valence-electron chi connectivity index (χ3n) is 2.02. The lowest BCUT2D eigenvalue weighted by molar-refractivity contribution is -0.143. The zero-order valence-corrected chi connectivity index (χ0v) is 11.1. The van der Waals surface area contributed by atoms with Crippen LogP contribution < -0.4 is 14.4 Å². The molecule has 106 valence electrons. The minimum atomic E-state index is -4.07. The Morgan fingerprint density at radius 2 is 2.00 bits per heavy atom. The van der Waals surface area contributed by atoms with Crippen LogP contribution in [0.2, 0.25) is 0 Å². The minimum absolute atomic E-state index is 0.0761. The molecule has 0 aliphatic rings. The minimum Gasteiger partial charge on any atom is -0.497 e. The summed E-state index contributed by atoms with van der Waals surface area (Å²) >= 11 is 0. The fourth-order valence-electron chi connectivity index (χ4n) is 1.21. The van der Waals surface area contributed by atoms with Crippen LogP contribution in [0.25, 0.3) is 0 Å². The number of ether oxygens (including phenoxy) is 2. The molecule has 0 heterocycles. The lowest BCUT2D eigenvalue weighted by Crippen LogP contribution is -2.27. The highest BCUT2D eigenvalue weighted by atomic mass is 32.2. The Morgan fingerprint density at radius 3 is 2.53 bits per heavy atom. The van der Waals surface area contributed by atoms with Crippen LogP contribution in [0.1, 0.15) is 0 Å². The van der Waals surface area contributed by atoms with Gasteiger partial charge in [0.25, 0.3) is 10.0 Å². The Balaban J connectivity index is 3.01. The van der Waals surface area contributed by atoms with E-state index in [9.17, 15) is 13.2 Å². The fraction of sp³-hybridized carbons (Fsp3) is 0.300. The first-order chi connectivity index (χ1) is 8.90. The summed E-state index contributed by atoms with van der Waals surface area (Å²) in [4.78, 5) is 16.1. The van der Waals surface area contributed by atoms with Gasteiger partial charge in [-0.25, -0.2) is 13.2 Å². The molecule has 1 aromatic rings. The van der Waals surface area contributed by atoms with Gasteiger partial charge in [-0.3, -0.25) is 4.84 Å². The molecule has 0 bridgehead atoms. The van der Waals surface area contributed by atoms with Crippen LogP contribution in [0.15, 0.2) is 23.1 Å². The number of benzene rings is 1. The standard InChI is InChI=1S/C10H13NO7S/c1-16-7-3-4-8(17-2)9(5-7)19(14,15)11-18-6-10(12)13/h3-5,11H,6H2,1-2H3,(H,12,13). The molecule has 1 rings (SSSR count). The summed E-state index contributed by atoms with van der Waals surface area (Å²) in [5, 5.41) is 8.36. The largest absolute Gasteiger partial charge is 0.497 e. The molecule has 0 atom stereocenters. The van der Waals surface area contributed by atoms with Crippen molar-refractivity contribution in [3.05, 3.63) is 18.2 Å². The zero-order chi connectivity index (χ0) is 14.5. The Bertz CT molecular complexity index is 555. The molecule has 1 aromatic carbocycles. The molecule has 9 heteroatoms. The average Bonchev–Trinajstić information content (AvgIpc) is 2.37. The first kappa shape index (κ1) is 15.2. The topological polar surface area (TPSA) is 111 Å². The van der Waals surface area contributed by atoms with Crippen molar-refractivity contribution in [3.8, 4) is 11.5 Å². The van der Waals surface area contributed by atoms with Gasteiger partial charge in [0.15, 0.2) is 6.61 Å². The van der Waals surface area contributed by atoms with Gasteiger partial charge in [0, 0.05) is 6.07 Å². The van der Waals surface area contributed by atoms with Gasteiger partial charge in [-0.05, 0) is 12.1 Å². The predicted molar refractivity (Wildman–Crippen MR) is 63.5 cm³/mol. The van der Waals surface area contributed by atoms with Crippen molar-refractivity contribution >= 4 is 16.0 Å². The molecule has 0 radical (unpaired) electrons. The predicted octanol–water partition coefficient (Wildman–Crippen LogP) is -0.00170. The number of aliphatic carboxylic acids is 1. The maximum atomic E-state index is 11.9. The fourth-order valence-corrected chi connectivity index (χ4v) is 2.20. The maximum Gasteiger partial charge on any atom is 0.331 e. The number of carboxylic acid groups (broad SMARTS) is 1. The number of nitrogens with one attached hydrogen (secondary N) is 1. The van der Waals surface area contributed by atoms with Crippen molar-refractivity contribution in [1.82, 2.24) is 4.89 Å². The number of sulfonamides is 1. The summed E-state index contributed by atoms with van der Waals surface area (Å²) in [5.74, 6) is -0.924. The van der Waals surface area contributed by atoms with E-state index in [-0.39, 0.29) is 10.6 Å². The lowest BCUT2D eigenvalue weighted by atomic mass is 10.3. The van der Waals surface area contributed by atoms with Crippen LogP contribution in [0.5, 0.6) is 11.5 Å². The highest BCUT2D eigenvalue weighted by molar-refractivity contribution is 7.89. The second-order valence-corrected chi connectivity index (χ2v) is 4.90. The maximum absolute atomic E-state index is 11.9. The molecule has 0 amide bonds. The quantitative estimate of drug-likeness (QED) is 0.680. The van der Waals surface area contributed by atoms with Gasteiger partial charge in [0.1, 0.15) is 16.4 Å². The number of carboxylic acids is 1. The third kappa shape index (κ3) is 4.09. The molecule has 0 saturated heterocycles. The monoisotopic (exact) mass is 291 g/mol. The molecule has 19 heavy (non-hydrogen) atoms. The Labute approximate surface area is 109 Å². The summed E-state index contributed by atoms with van der Waals surface area (Å²) in [6, 6.07) is 4.16. The number of carbonyl (C=O) groups is 1. The summed E-state index contributed by atoms with van der Waals surface area (Å²) < 4.78 is 33.6. The van der Waals surface area contributed by atoms with Crippen molar-refractivity contribution in [2.24, 2.45) is 0 Å². The normalized spacial score (nSPS) is 11.1. The van der Waals surface area contributed by atoms with Gasteiger partial charge in [0.2, 0.25) is 0 Å². The van der Waals surface area contributed by atoms with Crippen molar-refractivity contribution in [1.29, 1.82) is 0 Å². The average molecular weight is 291 g/mol. The SMILES string of the molecule is COc1ccc(OC)c(S(=O)(=O)NOCC(=O)O)c1. The number of hydrogen-bond donors (Lipinski definition) is 2. The zero-order valence-electron chi connectivity index (χ0n) is 10.2. The summed E-state index contributed by atoms with van der Waals surface area (Å²) in [6.07, 6.45) is 0. The second-order valence-electron chi connectivity index (χ2n) is 3.29. The van der Waals surface area contributed by atoms with E-state index in [1.54, 1.807) is 4.89 Å². The molecule has 0 saturated carbocycles. The van der Waals surface area contributed by atoms with E-state index in [0.29, 0.717) is 5.75 Å².